The molecule has 7 nitrogen and oxygen atoms in total. The van der Waals surface area contributed by atoms with Gasteiger partial charge in [-0.3, -0.25) is 4.79 Å². The molecule has 4 atom stereocenters. The van der Waals surface area contributed by atoms with E-state index in [1.54, 1.807) is 19.0 Å². The first kappa shape index (κ1) is 16.5. The maximum Gasteiger partial charge on any atom is 0.243 e. The molecule has 2 bridgehead atoms. The number of nitrogens with zero attached hydrogens (tertiary/aromatic N) is 2. The number of rotatable bonds is 5. The van der Waals surface area contributed by atoms with Crippen molar-refractivity contribution in [2.45, 2.75) is 43.9 Å². The van der Waals surface area contributed by atoms with Gasteiger partial charge in [0.15, 0.2) is 5.96 Å². The van der Waals surface area contributed by atoms with Crippen LogP contribution in [-0.4, -0.2) is 75.4 Å². The summed E-state index contributed by atoms with van der Waals surface area (Å²) in [5.41, 5.74) is 0. The van der Waals surface area contributed by atoms with Gasteiger partial charge in [0.25, 0.3) is 0 Å². The molecule has 4 unspecified atom stereocenters. The smallest absolute Gasteiger partial charge is 0.243 e. The standard InChI is InChI=1S/C16H28N4O3/c1-20(2)15(21)9-18-16(17-8-11-5-6-22-10-11)19-13-7-12-3-4-14(13)23-12/h11-14H,3-10H2,1-2H3,(H2,17,18,19). The normalized spacial score (nSPS) is 33.0. The molecule has 7 heteroatoms. The summed E-state index contributed by atoms with van der Waals surface area (Å²) < 4.78 is 11.3. The van der Waals surface area contributed by atoms with Gasteiger partial charge in [-0.1, -0.05) is 0 Å². The molecule has 3 heterocycles. The Labute approximate surface area is 137 Å². The maximum absolute atomic E-state index is 11.8. The predicted octanol–water partition coefficient (Wildman–Crippen LogP) is -0.0338. The Bertz CT molecular complexity index is 449. The first-order valence-corrected chi connectivity index (χ1v) is 8.60. The molecule has 0 saturated carbocycles. The average molecular weight is 324 g/mol. The monoisotopic (exact) mass is 324 g/mol. The van der Waals surface area contributed by atoms with Gasteiger partial charge in [-0.2, -0.15) is 0 Å². The number of likely N-dealkylation sites (N-methyl/N-ethyl adjacent to an activating group) is 1. The number of hydrogen-bond donors (Lipinski definition) is 2. The highest BCUT2D eigenvalue weighted by atomic mass is 16.5. The molecule has 3 aliphatic heterocycles. The first-order valence-electron chi connectivity index (χ1n) is 8.60. The fourth-order valence-corrected chi connectivity index (χ4v) is 3.39. The van der Waals surface area contributed by atoms with Crippen molar-refractivity contribution in [1.29, 1.82) is 0 Å². The second-order valence-corrected chi connectivity index (χ2v) is 6.92. The largest absolute Gasteiger partial charge is 0.381 e. The van der Waals surface area contributed by atoms with E-state index in [2.05, 4.69) is 15.6 Å². The second-order valence-electron chi connectivity index (χ2n) is 6.92. The van der Waals surface area contributed by atoms with Crippen LogP contribution < -0.4 is 10.6 Å². The van der Waals surface area contributed by atoms with Crippen molar-refractivity contribution in [3.63, 3.8) is 0 Å². The van der Waals surface area contributed by atoms with Gasteiger partial charge in [-0.05, 0) is 25.7 Å². The van der Waals surface area contributed by atoms with Crippen LogP contribution in [0.4, 0.5) is 0 Å². The molecule has 1 amide bonds. The van der Waals surface area contributed by atoms with Crippen LogP contribution in [0.1, 0.15) is 25.7 Å². The minimum absolute atomic E-state index is 0.000470. The van der Waals surface area contributed by atoms with E-state index in [9.17, 15) is 4.79 Å². The van der Waals surface area contributed by atoms with Gasteiger partial charge < -0.3 is 25.0 Å². The van der Waals surface area contributed by atoms with Crippen molar-refractivity contribution in [3.8, 4) is 0 Å². The number of amides is 1. The van der Waals surface area contributed by atoms with E-state index >= 15 is 0 Å². The lowest BCUT2D eigenvalue weighted by Crippen LogP contribution is -2.48. The quantitative estimate of drug-likeness (QED) is 0.548. The summed E-state index contributed by atoms with van der Waals surface area (Å²) in [6.07, 6.45) is 5.06. The summed E-state index contributed by atoms with van der Waals surface area (Å²) in [6, 6.07) is 0.300. The fourth-order valence-electron chi connectivity index (χ4n) is 3.39. The maximum atomic E-state index is 11.8. The van der Waals surface area contributed by atoms with Gasteiger partial charge in [0.05, 0.1) is 24.9 Å². The van der Waals surface area contributed by atoms with Crippen LogP contribution in [-0.2, 0) is 14.3 Å². The van der Waals surface area contributed by atoms with Crippen molar-refractivity contribution in [2.24, 2.45) is 10.9 Å². The molecular weight excluding hydrogens is 296 g/mol. The number of carbonyl (C=O) groups is 1. The number of hydrogen-bond acceptors (Lipinski definition) is 4. The average Bonchev–Trinajstić information content (AvgIpc) is 3.26. The third-order valence-electron chi connectivity index (χ3n) is 4.88. The Hall–Kier alpha value is -1.34. The Morgan fingerprint density at radius 2 is 2.17 bits per heavy atom. The molecule has 0 aliphatic carbocycles. The molecule has 3 aliphatic rings. The molecule has 0 spiro atoms. The molecule has 2 N–H and O–H groups in total. The van der Waals surface area contributed by atoms with Crippen molar-refractivity contribution in [3.05, 3.63) is 0 Å². The molecule has 0 radical (unpaired) electrons. The predicted molar refractivity (Wildman–Crippen MR) is 87.4 cm³/mol. The minimum atomic E-state index is -0.000470. The van der Waals surface area contributed by atoms with Crippen LogP contribution in [0.2, 0.25) is 0 Å². The fraction of sp³-hybridized carbons (Fsp3) is 0.875. The molecule has 130 valence electrons. The van der Waals surface area contributed by atoms with Crippen LogP contribution in [0, 0.1) is 5.92 Å². The van der Waals surface area contributed by atoms with Gasteiger partial charge >= 0.3 is 0 Å². The van der Waals surface area contributed by atoms with E-state index in [0.29, 0.717) is 24.0 Å². The molecule has 23 heavy (non-hydrogen) atoms. The lowest BCUT2D eigenvalue weighted by atomic mass is 9.96. The molecule has 0 aromatic rings. The number of aliphatic imine (C=N–C) groups is 1. The number of fused-ring (bicyclic) bond motifs is 2. The van der Waals surface area contributed by atoms with Crippen molar-refractivity contribution in [1.82, 2.24) is 15.5 Å². The van der Waals surface area contributed by atoms with Crippen LogP contribution in [0.15, 0.2) is 4.99 Å². The van der Waals surface area contributed by atoms with E-state index in [1.807, 2.05) is 0 Å². The van der Waals surface area contributed by atoms with Gasteiger partial charge in [0.1, 0.15) is 6.54 Å². The van der Waals surface area contributed by atoms with Gasteiger partial charge in [-0.25, -0.2) is 4.99 Å². The number of ether oxygens (including phenoxy) is 2. The van der Waals surface area contributed by atoms with E-state index in [-0.39, 0.29) is 18.6 Å². The minimum Gasteiger partial charge on any atom is -0.381 e. The summed E-state index contributed by atoms with van der Waals surface area (Å²) in [5, 5.41) is 6.84. The van der Waals surface area contributed by atoms with Crippen LogP contribution in [0.3, 0.4) is 0 Å². The number of nitrogens with one attached hydrogen (secondary N) is 2. The molecular formula is C16H28N4O3. The summed E-state index contributed by atoms with van der Waals surface area (Å²) in [7, 11) is 3.50. The summed E-state index contributed by atoms with van der Waals surface area (Å²) in [4.78, 5) is 17.8. The molecule has 3 fully saturated rings. The van der Waals surface area contributed by atoms with Gasteiger partial charge in [-0.15, -0.1) is 0 Å². The number of carbonyl (C=O) groups excluding carboxylic acids is 1. The van der Waals surface area contributed by atoms with Gasteiger partial charge in [0, 0.05) is 33.2 Å². The topological polar surface area (TPSA) is 75.2 Å². The Balaban J connectivity index is 1.55. The summed E-state index contributed by atoms with van der Waals surface area (Å²) in [5.74, 6) is 1.23. The zero-order valence-corrected chi connectivity index (χ0v) is 14.1. The Morgan fingerprint density at radius 3 is 2.78 bits per heavy atom. The van der Waals surface area contributed by atoms with E-state index in [4.69, 9.17) is 9.47 Å². The van der Waals surface area contributed by atoms with Crippen LogP contribution in [0.5, 0.6) is 0 Å². The zero-order chi connectivity index (χ0) is 16.2. The highest BCUT2D eigenvalue weighted by molar-refractivity contribution is 5.85. The molecule has 3 saturated heterocycles. The zero-order valence-electron chi connectivity index (χ0n) is 14.1. The SMILES string of the molecule is CN(C)C(=O)CN=C(NCC1CCOC1)NC1CC2CCC1O2. The molecule has 3 rings (SSSR count). The highest BCUT2D eigenvalue weighted by Gasteiger charge is 2.41. The molecule has 0 aromatic heterocycles. The molecule has 0 aromatic carbocycles. The van der Waals surface area contributed by atoms with Crippen molar-refractivity contribution < 1.29 is 14.3 Å². The third-order valence-corrected chi connectivity index (χ3v) is 4.88. The summed E-state index contributed by atoms with van der Waals surface area (Å²) >= 11 is 0. The third kappa shape index (κ3) is 4.35. The van der Waals surface area contributed by atoms with Crippen molar-refractivity contribution in [2.75, 3.05) is 40.4 Å². The van der Waals surface area contributed by atoms with Crippen molar-refractivity contribution >= 4 is 11.9 Å². The Morgan fingerprint density at radius 1 is 1.30 bits per heavy atom. The highest BCUT2D eigenvalue weighted by Crippen LogP contribution is 2.34. The van der Waals surface area contributed by atoms with E-state index in [0.717, 1.165) is 39.0 Å². The lowest BCUT2D eigenvalue weighted by molar-refractivity contribution is -0.127. The summed E-state index contributed by atoms with van der Waals surface area (Å²) in [6.45, 7) is 2.62. The first-order chi connectivity index (χ1) is 11.1. The van der Waals surface area contributed by atoms with Gasteiger partial charge in [0.2, 0.25) is 5.91 Å². The van der Waals surface area contributed by atoms with Crippen LogP contribution >= 0.6 is 0 Å². The Kier molecular flexibility index (Phi) is 5.38. The van der Waals surface area contributed by atoms with E-state index in [1.165, 1.54) is 6.42 Å². The second kappa shape index (κ2) is 7.49. The number of guanidine groups is 1. The van der Waals surface area contributed by atoms with E-state index < -0.39 is 0 Å². The van der Waals surface area contributed by atoms with Crippen LogP contribution in [0.25, 0.3) is 0 Å². The lowest BCUT2D eigenvalue weighted by Gasteiger charge is -2.23.